The van der Waals surface area contributed by atoms with Crippen LogP contribution in [0.4, 0.5) is 15.3 Å². The zero-order chi connectivity index (χ0) is 32.4. The molecular weight excluding hydrogens is 601 g/mol. The van der Waals surface area contributed by atoms with E-state index in [1.165, 1.54) is 0 Å². The number of ether oxygens (including phenoxy) is 2. The number of fused-ring (bicyclic) bond motifs is 1. The average molecular weight is 649 g/mol. The normalized spacial score (nSPS) is 13.6. The lowest BCUT2D eigenvalue weighted by Gasteiger charge is -2.37. The molecule has 0 aliphatic carbocycles. The second-order valence-corrected chi connectivity index (χ2v) is 21.3. The Balaban J connectivity index is 2.00. The minimum absolute atomic E-state index is 0.0230. The summed E-state index contributed by atoms with van der Waals surface area (Å²) >= 11 is 3.13. The van der Waals surface area contributed by atoms with Crippen LogP contribution in [0.2, 0.25) is 18.1 Å². The quantitative estimate of drug-likeness (QED) is 0.232. The van der Waals surface area contributed by atoms with Gasteiger partial charge in [0.05, 0.1) is 35.8 Å². The molecule has 0 bridgehead atoms. The van der Waals surface area contributed by atoms with Crippen LogP contribution in [-0.2, 0) is 26.9 Å². The Bertz CT molecular complexity index is 1400. The summed E-state index contributed by atoms with van der Waals surface area (Å²) in [6.45, 7) is 24.8. The van der Waals surface area contributed by atoms with Crippen LogP contribution < -0.4 is 10.2 Å². The van der Waals surface area contributed by atoms with Gasteiger partial charge in [-0.25, -0.2) is 9.59 Å². The Morgan fingerprint density at radius 1 is 1.05 bits per heavy atom. The van der Waals surface area contributed by atoms with Gasteiger partial charge in [-0.1, -0.05) is 26.8 Å². The van der Waals surface area contributed by atoms with Crippen molar-refractivity contribution in [2.24, 2.45) is 0 Å². The molecule has 0 aliphatic heterocycles. The van der Waals surface area contributed by atoms with Crippen LogP contribution in [0.15, 0.2) is 23.7 Å². The van der Waals surface area contributed by atoms with E-state index < -0.39 is 31.7 Å². The first-order valence-electron chi connectivity index (χ1n) is 14.6. The summed E-state index contributed by atoms with van der Waals surface area (Å²) in [5.74, 6) is 0. The smallest absolute Gasteiger partial charge is 0.415 e. The van der Waals surface area contributed by atoms with Crippen LogP contribution >= 0.6 is 22.7 Å². The highest BCUT2D eigenvalue weighted by Gasteiger charge is 2.38. The standard InChI is InChI=1S/C31H48N4O5S2Si/c1-20-24(16-21(33-27(36)39-29(2,3)4)19-38-43(11,12)31(8,9)10)42-26-23(17-32-34-25(20)26)35(18-22-14-13-15-41-22)28(37)40-30(5,6)7/h13-15,17,21H,16,18-19H2,1-12H3,(H,33,36). The van der Waals surface area contributed by atoms with Crippen molar-refractivity contribution in [3.63, 3.8) is 0 Å². The number of anilines is 1. The minimum Gasteiger partial charge on any atom is -0.444 e. The Hall–Kier alpha value is -2.54. The molecule has 2 amide bonds. The van der Waals surface area contributed by atoms with E-state index >= 15 is 0 Å². The fraction of sp³-hybridized carbons (Fsp3) is 0.613. The van der Waals surface area contributed by atoms with Gasteiger partial charge >= 0.3 is 12.2 Å². The third kappa shape index (κ3) is 9.72. The Morgan fingerprint density at radius 2 is 1.70 bits per heavy atom. The van der Waals surface area contributed by atoms with Gasteiger partial charge in [0.2, 0.25) is 0 Å². The molecule has 43 heavy (non-hydrogen) atoms. The molecule has 0 radical (unpaired) electrons. The summed E-state index contributed by atoms with van der Waals surface area (Å²) in [6, 6.07) is 3.62. The number of hydrogen-bond donors (Lipinski definition) is 1. The van der Waals surface area contributed by atoms with Gasteiger partial charge in [-0.2, -0.15) is 5.10 Å². The van der Waals surface area contributed by atoms with Crippen molar-refractivity contribution in [1.29, 1.82) is 0 Å². The van der Waals surface area contributed by atoms with Crippen molar-refractivity contribution in [3.8, 4) is 0 Å². The molecular formula is C31H48N4O5S2Si. The highest BCUT2D eigenvalue weighted by molar-refractivity contribution is 7.19. The van der Waals surface area contributed by atoms with Gasteiger partial charge in [0.25, 0.3) is 0 Å². The van der Waals surface area contributed by atoms with E-state index in [1.807, 2.05) is 66.0 Å². The van der Waals surface area contributed by atoms with Gasteiger partial charge in [0, 0.05) is 16.2 Å². The van der Waals surface area contributed by atoms with E-state index in [0.29, 0.717) is 25.3 Å². The topological polar surface area (TPSA) is 103 Å². The van der Waals surface area contributed by atoms with Gasteiger partial charge in [-0.3, -0.25) is 4.90 Å². The highest BCUT2D eigenvalue weighted by atomic mass is 32.1. The molecule has 1 N–H and O–H groups in total. The van der Waals surface area contributed by atoms with E-state index in [1.54, 1.807) is 33.8 Å². The van der Waals surface area contributed by atoms with Crippen molar-refractivity contribution in [1.82, 2.24) is 15.5 Å². The van der Waals surface area contributed by atoms with E-state index in [0.717, 1.165) is 25.5 Å². The highest BCUT2D eigenvalue weighted by Crippen LogP contribution is 2.39. The lowest BCUT2D eigenvalue weighted by molar-refractivity contribution is 0.0484. The molecule has 0 saturated heterocycles. The maximum atomic E-state index is 13.5. The molecule has 0 spiro atoms. The zero-order valence-corrected chi connectivity index (χ0v) is 30.3. The van der Waals surface area contributed by atoms with Crippen LogP contribution in [0.3, 0.4) is 0 Å². The van der Waals surface area contributed by atoms with Crippen LogP contribution in [-0.4, -0.2) is 54.6 Å². The number of aryl methyl sites for hydroxylation is 1. The summed E-state index contributed by atoms with van der Waals surface area (Å²) in [6.07, 6.45) is 1.20. The molecule has 238 valence electrons. The second kappa shape index (κ2) is 13.2. The van der Waals surface area contributed by atoms with Crippen LogP contribution in [0.25, 0.3) is 10.2 Å². The van der Waals surface area contributed by atoms with Crippen LogP contribution in [0.1, 0.15) is 77.6 Å². The SMILES string of the molecule is Cc1c(CC(CO[Si](C)(C)C(C)(C)C)NC(=O)OC(C)(C)C)sc2c(N(Cc3cccs3)C(=O)OC(C)(C)C)cnnc12. The molecule has 0 aliphatic rings. The number of aromatic nitrogens is 2. The van der Waals surface area contributed by atoms with Gasteiger partial charge in [0.15, 0.2) is 8.32 Å². The minimum atomic E-state index is -2.08. The molecule has 12 heteroatoms. The zero-order valence-electron chi connectivity index (χ0n) is 27.7. The third-order valence-electron chi connectivity index (χ3n) is 7.19. The van der Waals surface area contributed by atoms with E-state index in [4.69, 9.17) is 13.9 Å². The number of carbonyl (C=O) groups excluding carboxylic acids is 2. The molecule has 0 fully saturated rings. The number of rotatable bonds is 9. The third-order valence-corrected chi connectivity index (χ3v) is 13.9. The summed E-state index contributed by atoms with van der Waals surface area (Å²) in [7, 11) is -2.08. The molecule has 0 saturated carbocycles. The lowest BCUT2D eigenvalue weighted by atomic mass is 10.1. The molecule has 3 aromatic rings. The maximum absolute atomic E-state index is 13.5. The molecule has 1 unspecified atom stereocenters. The Kier molecular flexibility index (Phi) is 10.7. The fourth-order valence-corrected chi connectivity index (χ4v) is 7.01. The summed E-state index contributed by atoms with van der Waals surface area (Å²) in [5, 5.41) is 13.8. The second-order valence-electron chi connectivity index (χ2n) is 14.3. The number of nitrogens with zero attached hydrogens (tertiary/aromatic N) is 3. The lowest BCUT2D eigenvalue weighted by Crippen LogP contribution is -2.48. The van der Waals surface area contributed by atoms with Crippen molar-refractivity contribution < 1.29 is 23.5 Å². The number of amides is 2. The number of nitrogens with one attached hydrogen (secondary N) is 1. The molecule has 3 heterocycles. The van der Waals surface area contributed by atoms with Crippen molar-refractivity contribution in [2.45, 2.75) is 118 Å². The fourth-order valence-electron chi connectivity index (χ4n) is 3.93. The van der Waals surface area contributed by atoms with Gasteiger partial charge in [-0.05, 0) is 83.6 Å². The summed E-state index contributed by atoms with van der Waals surface area (Å²) in [4.78, 5) is 30.0. The number of hydrogen-bond acceptors (Lipinski definition) is 9. The van der Waals surface area contributed by atoms with Gasteiger partial charge < -0.3 is 19.2 Å². The summed E-state index contributed by atoms with van der Waals surface area (Å²) in [5.41, 5.74) is 1.03. The van der Waals surface area contributed by atoms with Crippen LogP contribution in [0, 0.1) is 6.92 Å². The van der Waals surface area contributed by atoms with Crippen molar-refractivity contribution in [3.05, 3.63) is 39.0 Å². The Morgan fingerprint density at radius 3 is 2.26 bits per heavy atom. The van der Waals surface area contributed by atoms with Gasteiger partial charge in [-0.15, -0.1) is 27.8 Å². The van der Waals surface area contributed by atoms with Gasteiger partial charge in [0.1, 0.15) is 16.7 Å². The maximum Gasteiger partial charge on any atom is 0.415 e. The van der Waals surface area contributed by atoms with Crippen molar-refractivity contribution in [2.75, 3.05) is 11.5 Å². The predicted molar refractivity (Wildman–Crippen MR) is 179 cm³/mol. The van der Waals surface area contributed by atoms with E-state index in [2.05, 4.69) is 49.4 Å². The number of alkyl carbamates (subject to hydrolysis) is 1. The molecule has 3 aromatic heterocycles. The first-order valence-corrected chi connectivity index (χ1v) is 19.2. The number of carbonyl (C=O) groups is 2. The molecule has 0 aromatic carbocycles. The first-order chi connectivity index (χ1) is 19.7. The van der Waals surface area contributed by atoms with E-state index in [9.17, 15) is 9.59 Å². The molecule has 9 nitrogen and oxygen atoms in total. The average Bonchev–Trinajstić information content (AvgIpc) is 3.46. The predicted octanol–water partition coefficient (Wildman–Crippen LogP) is 8.46. The molecule has 1 atom stereocenters. The largest absolute Gasteiger partial charge is 0.444 e. The summed E-state index contributed by atoms with van der Waals surface area (Å²) < 4.78 is 18.8. The number of thiophene rings is 2. The van der Waals surface area contributed by atoms with Crippen molar-refractivity contribution >= 4 is 59.1 Å². The van der Waals surface area contributed by atoms with Crippen LogP contribution in [0.5, 0.6) is 0 Å². The molecule has 3 rings (SSSR count). The monoisotopic (exact) mass is 648 g/mol. The first kappa shape index (κ1) is 34.9. The van der Waals surface area contributed by atoms with E-state index in [-0.39, 0.29) is 11.1 Å². The Labute approximate surface area is 265 Å².